The second kappa shape index (κ2) is 5.33. The van der Waals surface area contributed by atoms with Crippen molar-refractivity contribution in [1.29, 1.82) is 0 Å². The molecule has 0 radical (unpaired) electrons. The predicted molar refractivity (Wildman–Crippen MR) is 81.8 cm³/mol. The first kappa shape index (κ1) is 12.7. The first-order valence-electron chi connectivity index (χ1n) is 6.68. The minimum Gasteiger partial charge on any atom is -0.348 e. The van der Waals surface area contributed by atoms with E-state index < -0.39 is 0 Å². The van der Waals surface area contributed by atoms with E-state index in [1.165, 1.54) is 11.8 Å². The highest BCUT2D eigenvalue weighted by Gasteiger charge is 2.26. The second-order valence-electron chi connectivity index (χ2n) is 5.09. The topological polar surface area (TPSA) is 29.1 Å². The van der Waals surface area contributed by atoms with Gasteiger partial charge in [-0.2, -0.15) is 0 Å². The smallest absolute Gasteiger partial charge is 0.251 e. The van der Waals surface area contributed by atoms with Gasteiger partial charge >= 0.3 is 0 Å². The number of halogens is 1. The van der Waals surface area contributed by atoms with Gasteiger partial charge in [0, 0.05) is 16.4 Å². The molecule has 1 aliphatic carbocycles. The summed E-state index contributed by atoms with van der Waals surface area (Å²) < 4.78 is 0. The normalized spacial score (nSPS) is 22.6. The molecule has 0 bridgehead atoms. The van der Waals surface area contributed by atoms with Crippen molar-refractivity contribution in [1.82, 2.24) is 5.32 Å². The van der Waals surface area contributed by atoms with Gasteiger partial charge in [0.25, 0.3) is 5.91 Å². The quantitative estimate of drug-likeness (QED) is 0.837. The zero-order valence-electron chi connectivity index (χ0n) is 10.6. The Morgan fingerprint density at radius 3 is 2.63 bits per heavy atom. The standard InChI is InChI=1S/C16H16BrNO/c17-14-6-3-7-15(14)18-16(19)13-9-8-11-4-1-2-5-12(11)10-13/h1-2,4-5,8-10,14-15H,3,6-7H2,(H,18,19). The average molecular weight is 318 g/mol. The van der Waals surface area contributed by atoms with Crippen LogP contribution in [-0.4, -0.2) is 16.8 Å². The van der Waals surface area contributed by atoms with Gasteiger partial charge in [-0.1, -0.05) is 52.7 Å². The Morgan fingerprint density at radius 1 is 1.11 bits per heavy atom. The van der Waals surface area contributed by atoms with Gasteiger partial charge in [-0.05, 0) is 35.7 Å². The molecule has 1 N–H and O–H groups in total. The molecule has 0 heterocycles. The lowest BCUT2D eigenvalue weighted by molar-refractivity contribution is 0.0939. The predicted octanol–water partition coefficient (Wildman–Crippen LogP) is 3.89. The lowest BCUT2D eigenvalue weighted by Crippen LogP contribution is -2.37. The van der Waals surface area contributed by atoms with E-state index in [9.17, 15) is 4.79 Å². The van der Waals surface area contributed by atoms with Crippen LogP contribution >= 0.6 is 15.9 Å². The fourth-order valence-electron chi connectivity index (χ4n) is 2.66. The number of carbonyl (C=O) groups is 1. The van der Waals surface area contributed by atoms with Crippen molar-refractivity contribution in [2.75, 3.05) is 0 Å². The second-order valence-corrected chi connectivity index (χ2v) is 6.26. The van der Waals surface area contributed by atoms with Crippen molar-refractivity contribution in [3.05, 3.63) is 48.0 Å². The Kier molecular flexibility index (Phi) is 3.56. The van der Waals surface area contributed by atoms with E-state index in [0.29, 0.717) is 4.83 Å². The Bertz CT molecular complexity index is 610. The van der Waals surface area contributed by atoms with Crippen LogP contribution in [0.15, 0.2) is 42.5 Å². The van der Waals surface area contributed by atoms with E-state index in [1.807, 2.05) is 36.4 Å². The van der Waals surface area contributed by atoms with E-state index in [-0.39, 0.29) is 11.9 Å². The minimum atomic E-state index is 0.0297. The van der Waals surface area contributed by atoms with E-state index in [2.05, 4.69) is 27.3 Å². The molecule has 1 saturated carbocycles. The summed E-state index contributed by atoms with van der Waals surface area (Å²) in [5.74, 6) is 0.0297. The van der Waals surface area contributed by atoms with E-state index in [0.717, 1.165) is 23.8 Å². The summed E-state index contributed by atoms with van der Waals surface area (Å²) in [6, 6.07) is 14.2. The third-order valence-corrected chi connectivity index (χ3v) is 4.86. The summed E-state index contributed by atoms with van der Waals surface area (Å²) >= 11 is 3.63. The van der Waals surface area contributed by atoms with Gasteiger partial charge in [-0.3, -0.25) is 4.79 Å². The summed E-state index contributed by atoms with van der Waals surface area (Å²) in [6.45, 7) is 0. The first-order valence-corrected chi connectivity index (χ1v) is 7.59. The van der Waals surface area contributed by atoms with Crippen molar-refractivity contribution in [3.8, 4) is 0 Å². The zero-order chi connectivity index (χ0) is 13.2. The number of rotatable bonds is 2. The zero-order valence-corrected chi connectivity index (χ0v) is 12.2. The summed E-state index contributed by atoms with van der Waals surface area (Å²) in [4.78, 5) is 12.7. The largest absolute Gasteiger partial charge is 0.348 e. The van der Waals surface area contributed by atoms with E-state index >= 15 is 0 Å². The minimum absolute atomic E-state index is 0.0297. The SMILES string of the molecule is O=C(NC1CCCC1Br)c1ccc2ccccc2c1. The lowest BCUT2D eigenvalue weighted by atomic mass is 10.1. The first-order chi connectivity index (χ1) is 9.24. The number of fused-ring (bicyclic) bond motifs is 1. The highest BCUT2D eigenvalue weighted by atomic mass is 79.9. The van der Waals surface area contributed by atoms with Gasteiger partial charge in [0.05, 0.1) is 0 Å². The van der Waals surface area contributed by atoms with Crippen molar-refractivity contribution >= 4 is 32.6 Å². The number of nitrogens with one attached hydrogen (secondary N) is 1. The van der Waals surface area contributed by atoms with E-state index in [4.69, 9.17) is 0 Å². The Labute approximate surface area is 121 Å². The third kappa shape index (κ3) is 2.66. The fourth-order valence-corrected chi connectivity index (χ4v) is 3.38. The molecule has 2 aromatic carbocycles. The van der Waals surface area contributed by atoms with Crippen LogP contribution in [0, 0.1) is 0 Å². The molecule has 2 nitrogen and oxygen atoms in total. The van der Waals surface area contributed by atoms with Crippen LogP contribution in [0.5, 0.6) is 0 Å². The fraction of sp³-hybridized carbons (Fsp3) is 0.312. The van der Waals surface area contributed by atoms with Crippen LogP contribution in [0.1, 0.15) is 29.6 Å². The van der Waals surface area contributed by atoms with Crippen molar-refractivity contribution in [2.24, 2.45) is 0 Å². The number of benzene rings is 2. The van der Waals surface area contributed by atoms with Gasteiger partial charge in [-0.25, -0.2) is 0 Å². The monoisotopic (exact) mass is 317 g/mol. The number of alkyl halides is 1. The van der Waals surface area contributed by atoms with Gasteiger partial charge in [0.2, 0.25) is 0 Å². The van der Waals surface area contributed by atoms with Gasteiger partial charge in [0.1, 0.15) is 0 Å². The molecule has 1 fully saturated rings. The van der Waals surface area contributed by atoms with E-state index in [1.54, 1.807) is 0 Å². The number of carbonyl (C=O) groups excluding carboxylic acids is 1. The maximum absolute atomic E-state index is 12.3. The molecule has 3 rings (SSSR count). The van der Waals surface area contributed by atoms with Gasteiger partial charge < -0.3 is 5.32 Å². The molecule has 2 atom stereocenters. The molecular formula is C16H16BrNO. The van der Waals surface area contributed by atoms with Crippen LogP contribution in [0.2, 0.25) is 0 Å². The molecule has 98 valence electrons. The number of hydrogen-bond donors (Lipinski definition) is 1. The highest BCUT2D eigenvalue weighted by molar-refractivity contribution is 9.09. The van der Waals surface area contributed by atoms with Gasteiger partial charge in [0.15, 0.2) is 0 Å². The molecular weight excluding hydrogens is 302 g/mol. The third-order valence-electron chi connectivity index (χ3n) is 3.76. The number of hydrogen-bond acceptors (Lipinski definition) is 1. The molecule has 2 unspecified atom stereocenters. The lowest BCUT2D eigenvalue weighted by Gasteiger charge is -2.16. The summed E-state index contributed by atoms with van der Waals surface area (Å²) in [7, 11) is 0. The molecule has 0 aromatic heterocycles. The Balaban J connectivity index is 1.81. The maximum Gasteiger partial charge on any atom is 0.251 e. The summed E-state index contributed by atoms with van der Waals surface area (Å²) in [6.07, 6.45) is 3.39. The summed E-state index contributed by atoms with van der Waals surface area (Å²) in [5, 5.41) is 5.40. The van der Waals surface area contributed by atoms with Crippen LogP contribution in [0.4, 0.5) is 0 Å². The summed E-state index contributed by atoms with van der Waals surface area (Å²) in [5.41, 5.74) is 0.741. The molecule has 2 aromatic rings. The van der Waals surface area contributed by atoms with Crippen LogP contribution < -0.4 is 5.32 Å². The molecule has 0 aliphatic heterocycles. The molecule has 19 heavy (non-hydrogen) atoms. The Hall–Kier alpha value is -1.35. The van der Waals surface area contributed by atoms with Crippen LogP contribution in [-0.2, 0) is 0 Å². The maximum atomic E-state index is 12.3. The Morgan fingerprint density at radius 2 is 1.89 bits per heavy atom. The molecule has 0 saturated heterocycles. The van der Waals surface area contributed by atoms with Crippen LogP contribution in [0.3, 0.4) is 0 Å². The molecule has 0 spiro atoms. The molecule has 1 amide bonds. The average Bonchev–Trinajstić information content (AvgIpc) is 2.84. The van der Waals surface area contributed by atoms with Crippen molar-refractivity contribution in [3.63, 3.8) is 0 Å². The van der Waals surface area contributed by atoms with Crippen LogP contribution in [0.25, 0.3) is 10.8 Å². The van der Waals surface area contributed by atoms with Gasteiger partial charge in [-0.15, -0.1) is 0 Å². The number of amides is 1. The highest BCUT2D eigenvalue weighted by Crippen LogP contribution is 2.26. The van der Waals surface area contributed by atoms with Crippen molar-refractivity contribution in [2.45, 2.75) is 30.1 Å². The van der Waals surface area contributed by atoms with Crippen molar-refractivity contribution < 1.29 is 4.79 Å². The molecule has 1 aliphatic rings. The molecule has 3 heteroatoms.